The molecule has 0 bridgehead atoms. The predicted molar refractivity (Wildman–Crippen MR) is 115 cm³/mol. The van der Waals surface area contributed by atoms with Gasteiger partial charge in [0.05, 0.1) is 10.7 Å². The zero-order valence-electron chi connectivity index (χ0n) is 16.7. The van der Waals surface area contributed by atoms with Gasteiger partial charge in [-0.15, -0.1) is 13.2 Å². The van der Waals surface area contributed by atoms with E-state index in [9.17, 15) is 17.6 Å². The van der Waals surface area contributed by atoms with Crippen LogP contribution in [0.2, 0.25) is 5.02 Å². The molecule has 0 atom stereocenters. The number of aromatic nitrogens is 2. The Balaban J connectivity index is 1.68. The quantitative estimate of drug-likeness (QED) is 0.386. The summed E-state index contributed by atoms with van der Waals surface area (Å²) in [5.74, 6) is -0.183. The van der Waals surface area contributed by atoms with Crippen molar-refractivity contribution in [3.05, 3.63) is 59.4 Å². The first-order valence-electron chi connectivity index (χ1n) is 9.99. The first-order chi connectivity index (χ1) is 15.2. The maximum absolute atomic E-state index is 13.5. The molecule has 10 heteroatoms. The van der Waals surface area contributed by atoms with E-state index in [4.69, 9.17) is 11.6 Å². The summed E-state index contributed by atoms with van der Waals surface area (Å²) >= 11 is 5.86. The lowest BCUT2D eigenvalue weighted by molar-refractivity contribution is -0.274. The van der Waals surface area contributed by atoms with E-state index in [1.807, 2.05) is 0 Å². The van der Waals surface area contributed by atoms with Gasteiger partial charge in [0.1, 0.15) is 17.4 Å². The Labute approximate surface area is 186 Å². The molecule has 0 aliphatic heterocycles. The minimum absolute atomic E-state index is 0.0504. The number of ether oxygens (including phenoxy) is 1. The van der Waals surface area contributed by atoms with Crippen LogP contribution in [0.3, 0.4) is 0 Å². The van der Waals surface area contributed by atoms with Crippen LogP contribution in [0.1, 0.15) is 25.7 Å². The van der Waals surface area contributed by atoms with E-state index < -0.39 is 12.2 Å². The second-order valence-electron chi connectivity index (χ2n) is 7.42. The van der Waals surface area contributed by atoms with Crippen LogP contribution in [0.25, 0.3) is 11.3 Å². The SMILES string of the molecule is Fc1ccc(Nc2cc(-c3cccc(OC(F)(F)F)c3)nc(NC3CCCC3)n2)cc1Cl. The van der Waals surface area contributed by atoms with Crippen molar-refractivity contribution in [1.82, 2.24) is 9.97 Å². The van der Waals surface area contributed by atoms with E-state index in [0.29, 0.717) is 28.7 Å². The topological polar surface area (TPSA) is 59.1 Å². The van der Waals surface area contributed by atoms with E-state index in [0.717, 1.165) is 25.7 Å². The number of halogens is 5. The first kappa shape index (κ1) is 22.1. The van der Waals surface area contributed by atoms with Crippen LogP contribution in [0.5, 0.6) is 5.75 Å². The van der Waals surface area contributed by atoms with Gasteiger partial charge in [0, 0.05) is 23.4 Å². The molecule has 0 radical (unpaired) electrons. The van der Waals surface area contributed by atoms with Gasteiger partial charge in [0.2, 0.25) is 5.95 Å². The largest absolute Gasteiger partial charge is 0.573 e. The number of nitrogens with one attached hydrogen (secondary N) is 2. The normalized spacial score (nSPS) is 14.4. The summed E-state index contributed by atoms with van der Waals surface area (Å²) in [4.78, 5) is 8.96. The summed E-state index contributed by atoms with van der Waals surface area (Å²) in [6.45, 7) is 0. The Bertz CT molecular complexity index is 1100. The van der Waals surface area contributed by atoms with Crippen LogP contribution in [0.4, 0.5) is 35.0 Å². The van der Waals surface area contributed by atoms with Crippen molar-refractivity contribution in [1.29, 1.82) is 0 Å². The molecule has 168 valence electrons. The van der Waals surface area contributed by atoms with Crippen molar-refractivity contribution >= 4 is 29.1 Å². The fourth-order valence-electron chi connectivity index (χ4n) is 3.55. The zero-order valence-corrected chi connectivity index (χ0v) is 17.5. The lowest BCUT2D eigenvalue weighted by atomic mass is 10.1. The first-order valence-corrected chi connectivity index (χ1v) is 10.4. The van der Waals surface area contributed by atoms with E-state index in [-0.39, 0.29) is 16.8 Å². The van der Waals surface area contributed by atoms with Gasteiger partial charge in [0.15, 0.2) is 0 Å². The third-order valence-corrected chi connectivity index (χ3v) is 5.26. The van der Waals surface area contributed by atoms with Crippen LogP contribution >= 0.6 is 11.6 Å². The van der Waals surface area contributed by atoms with Gasteiger partial charge in [-0.3, -0.25) is 0 Å². The van der Waals surface area contributed by atoms with Crippen molar-refractivity contribution in [2.24, 2.45) is 0 Å². The zero-order chi connectivity index (χ0) is 22.7. The number of nitrogens with zero attached hydrogens (tertiary/aromatic N) is 2. The highest BCUT2D eigenvalue weighted by molar-refractivity contribution is 6.31. The molecule has 2 aromatic carbocycles. The van der Waals surface area contributed by atoms with Crippen LogP contribution < -0.4 is 15.4 Å². The van der Waals surface area contributed by atoms with Crippen LogP contribution in [0.15, 0.2) is 48.5 Å². The Morgan fingerprint density at radius 1 is 1.00 bits per heavy atom. The highest BCUT2D eigenvalue weighted by Crippen LogP contribution is 2.30. The number of alkyl halides is 3. The van der Waals surface area contributed by atoms with Gasteiger partial charge in [-0.1, -0.05) is 36.6 Å². The number of hydrogen-bond donors (Lipinski definition) is 2. The molecule has 1 fully saturated rings. The summed E-state index contributed by atoms with van der Waals surface area (Å²) in [5, 5.41) is 6.29. The number of anilines is 3. The van der Waals surface area contributed by atoms with Crippen LogP contribution in [0, 0.1) is 5.82 Å². The van der Waals surface area contributed by atoms with Gasteiger partial charge < -0.3 is 15.4 Å². The van der Waals surface area contributed by atoms with E-state index in [1.165, 1.54) is 36.4 Å². The average molecular weight is 467 g/mol. The molecule has 1 aliphatic rings. The second kappa shape index (κ2) is 9.20. The van der Waals surface area contributed by atoms with Gasteiger partial charge in [-0.25, -0.2) is 9.37 Å². The maximum atomic E-state index is 13.5. The van der Waals surface area contributed by atoms with Gasteiger partial charge in [-0.2, -0.15) is 4.98 Å². The minimum atomic E-state index is -4.80. The maximum Gasteiger partial charge on any atom is 0.573 e. The van der Waals surface area contributed by atoms with Crippen LogP contribution in [-0.4, -0.2) is 22.4 Å². The lowest BCUT2D eigenvalue weighted by Crippen LogP contribution is -2.17. The van der Waals surface area contributed by atoms with E-state index >= 15 is 0 Å². The molecule has 2 N–H and O–H groups in total. The predicted octanol–water partition coefficient (Wildman–Crippen LogP) is 6.93. The molecule has 32 heavy (non-hydrogen) atoms. The van der Waals surface area contributed by atoms with Crippen molar-refractivity contribution in [3.63, 3.8) is 0 Å². The molecule has 0 unspecified atom stereocenters. The fraction of sp³-hybridized carbons (Fsp3) is 0.273. The summed E-state index contributed by atoms with van der Waals surface area (Å²) in [7, 11) is 0. The smallest absolute Gasteiger partial charge is 0.406 e. The molecule has 0 saturated heterocycles. The monoisotopic (exact) mass is 466 g/mol. The Kier molecular flexibility index (Phi) is 6.36. The fourth-order valence-corrected chi connectivity index (χ4v) is 3.73. The summed E-state index contributed by atoms with van der Waals surface area (Å²) < 4.78 is 55.4. The third kappa shape index (κ3) is 5.79. The third-order valence-electron chi connectivity index (χ3n) is 4.97. The highest BCUT2D eigenvalue weighted by atomic mass is 35.5. The summed E-state index contributed by atoms with van der Waals surface area (Å²) in [6, 6.07) is 11.5. The van der Waals surface area contributed by atoms with Gasteiger partial charge in [0.25, 0.3) is 0 Å². The minimum Gasteiger partial charge on any atom is -0.406 e. The Morgan fingerprint density at radius 3 is 2.50 bits per heavy atom. The lowest BCUT2D eigenvalue weighted by Gasteiger charge is -2.15. The molecular weight excluding hydrogens is 448 g/mol. The molecule has 4 rings (SSSR count). The Morgan fingerprint density at radius 2 is 1.78 bits per heavy atom. The summed E-state index contributed by atoms with van der Waals surface area (Å²) in [5.41, 5.74) is 1.31. The van der Waals surface area contributed by atoms with Gasteiger partial charge >= 0.3 is 6.36 Å². The number of benzene rings is 2. The van der Waals surface area contributed by atoms with E-state index in [1.54, 1.807) is 12.1 Å². The highest BCUT2D eigenvalue weighted by Gasteiger charge is 2.31. The molecule has 1 saturated carbocycles. The molecule has 1 aliphatic carbocycles. The number of rotatable bonds is 6. The van der Waals surface area contributed by atoms with Crippen molar-refractivity contribution in [2.45, 2.75) is 38.1 Å². The molecule has 1 heterocycles. The molecule has 0 spiro atoms. The molecule has 0 amide bonds. The molecular formula is C22H19ClF4N4O. The summed E-state index contributed by atoms with van der Waals surface area (Å²) in [6.07, 6.45) is -0.619. The van der Waals surface area contributed by atoms with Crippen LogP contribution in [-0.2, 0) is 0 Å². The van der Waals surface area contributed by atoms with E-state index in [2.05, 4.69) is 25.3 Å². The Hall–Kier alpha value is -3.07. The molecule has 1 aromatic heterocycles. The van der Waals surface area contributed by atoms with Crippen molar-refractivity contribution in [3.8, 4) is 17.0 Å². The van der Waals surface area contributed by atoms with Gasteiger partial charge in [-0.05, 0) is 43.2 Å². The molecule has 3 aromatic rings. The number of hydrogen-bond acceptors (Lipinski definition) is 5. The average Bonchev–Trinajstić information content (AvgIpc) is 3.22. The standard InChI is InChI=1S/C22H19ClF4N4O/c23-17-11-15(8-9-18(17)24)28-20-12-19(30-21(31-20)29-14-5-1-2-6-14)13-4-3-7-16(10-13)32-22(25,26)27/h3-4,7-12,14H,1-2,5-6H2,(H2,28,29,30,31). The molecule has 5 nitrogen and oxygen atoms in total. The second-order valence-corrected chi connectivity index (χ2v) is 7.82. The van der Waals surface area contributed by atoms with Crippen molar-refractivity contribution < 1.29 is 22.3 Å². The van der Waals surface area contributed by atoms with Crippen molar-refractivity contribution in [2.75, 3.05) is 10.6 Å².